The Morgan fingerprint density at radius 3 is 2.65 bits per heavy atom. The van der Waals surface area contributed by atoms with Crippen molar-refractivity contribution in [2.75, 3.05) is 12.4 Å². The van der Waals surface area contributed by atoms with Crippen LogP contribution < -0.4 is 5.32 Å². The van der Waals surface area contributed by atoms with Crippen LogP contribution in [0.4, 0.5) is 15.9 Å². The first-order chi connectivity index (χ1) is 15.0. The number of carbonyl (C=O) groups excluding carboxylic acids is 1. The average molecular weight is 415 g/mol. The lowest BCUT2D eigenvalue weighted by Gasteiger charge is -2.12. The first-order valence-corrected chi connectivity index (χ1v) is 10.2. The van der Waals surface area contributed by atoms with Crippen LogP contribution in [0, 0.1) is 5.82 Å². The molecule has 0 bridgehead atoms. The zero-order valence-electron chi connectivity index (χ0n) is 17.4. The van der Waals surface area contributed by atoms with Gasteiger partial charge in [-0.3, -0.25) is 0 Å². The standard InChI is InChI=1S/C25H22FN3O2/c1-29-14-22(16-5-7-18(26)8-6-16)20-12-19(9-10-23(20)29)28-24-21(25(30)31-2)11-17(13-27-24)15-3-4-15/h5-15H,3-4H2,1-2H3,(H,27,28). The average Bonchev–Trinajstić information content (AvgIpc) is 3.58. The van der Waals surface area contributed by atoms with E-state index in [0.29, 0.717) is 17.3 Å². The Bertz CT molecular complexity index is 1290. The van der Waals surface area contributed by atoms with Crippen LogP contribution >= 0.6 is 0 Å². The second-order valence-electron chi connectivity index (χ2n) is 7.95. The van der Waals surface area contributed by atoms with Gasteiger partial charge in [-0.15, -0.1) is 0 Å². The number of hydrogen-bond acceptors (Lipinski definition) is 4. The summed E-state index contributed by atoms with van der Waals surface area (Å²) >= 11 is 0. The predicted octanol–water partition coefficient (Wildman–Crippen LogP) is 5.79. The van der Waals surface area contributed by atoms with E-state index in [1.807, 2.05) is 48.3 Å². The predicted molar refractivity (Wildman–Crippen MR) is 119 cm³/mol. The Morgan fingerprint density at radius 2 is 1.94 bits per heavy atom. The van der Waals surface area contributed by atoms with E-state index in [9.17, 15) is 9.18 Å². The first-order valence-electron chi connectivity index (χ1n) is 10.2. The smallest absolute Gasteiger partial charge is 0.341 e. The van der Waals surface area contributed by atoms with Crippen molar-refractivity contribution in [3.8, 4) is 11.1 Å². The molecule has 156 valence electrons. The topological polar surface area (TPSA) is 56.1 Å². The van der Waals surface area contributed by atoms with E-state index in [4.69, 9.17) is 4.74 Å². The van der Waals surface area contributed by atoms with Crippen molar-refractivity contribution in [2.24, 2.45) is 7.05 Å². The number of pyridine rings is 1. The number of nitrogens with one attached hydrogen (secondary N) is 1. The van der Waals surface area contributed by atoms with Gasteiger partial charge in [0.25, 0.3) is 0 Å². The molecule has 0 radical (unpaired) electrons. The van der Waals surface area contributed by atoms with E-state index >= 15 is 0 Å². The number of hydrogen-bond donors (Lipinski definition) is 1. The molecule has 2 aromatic heterocycles. The molecule has 6 heteroatoms. The minimum Gasteiger partial charge on any atom is -0.465 e. The van der Waals surface area contributed by atoms with Crippen LogP contribution in [0.25, 0.3) is 22.0 Å². The number of methoxy groups -OCH3 is 1. The van der Waals surface area contributed by atoms with Crippen molar-refractivity contribution >= 4 is 28.4 Å². The minimum absolute atomic E-state index is 0.262. The molecule has 0 unspecified atom stereocenters. The van der Waals surface area contributed by atoms with Crippen molar-refractivity contribution in [1.82, 2.24) is 9.55 Å². The van der Waals surface area contributed by atoms with Gasteiger partial charge < -0.3 is 14.6 Å². The van der Waals surface area contributed by atoms with Crippen molar-refractivity contribution < 1.29 is 13.9 Å². The quantitative estimate of drug-likeness (QED) is 0.419. The van der Waals surface area contributed by atoms with E-state index in [-0.39, 0.29) is 5.82 Å². The highest BCUT2D eigenvalue weighted by Crippen LogP contribution is 2.41. The van der Waals surface area contributed by atoms with Gasteiger partial charge >= 0.3 is 5.97 Å². The molecule has 31 heavy (non-hydrogen) atoms. The second kappa shape index (κ2) is 7.54. The zero-order chi connectivity index (χ0) is 21.5. The number of rotatable bonds is 5. The fourth-order valence-corrected chi connectivity index (χ4v) is 3.95. The lowest BCUT2D eigenvalue weighted by molar-refractivity contribution is 0.0601. The minimum atomic E-state index is -0.412. The zero-order valence-corrected chi connectivity index (χ0v) is 17.4. The number of carbonyl (C=O) groups is 1. The summed E-state index contributed by atoms with van der Waals surface area (Å²) in [6.07, 6.45) is 6.12. The van der Waals surface area contributed by atoms with Crippen LogP contribution in [0.1, 0.15) is 34.7 Å². The van der Waals surface area contributed by atoms with Crippen LogP contribution in [0.3, 0.4) is 0 Å². The molecule has 2 aromatic carbocycles. The Balaban J connectivity index is 1.55. The van der Waals surface area contributed by atoms with Gasteiger partial charge in [-0.05, 0) is 66.3 Å². The Hall–Kier alpha value is -3.67. The Labute approximate surface area is 179 Å². The maximum absolute atomic E-state index is 13.4. The SMILES string of the molecule is COC(=O)c1cc(C2CC2)cnc1Nc1ccc2c(c1)c(-c1ccc(F)cc1)cn2C. The molecule has 0 aliphatic heterocycles. The molecule has 1 saturated carbocycles. The third-order valence-corrected chi connectivity index (χ3v) is 5.77. The summed E-state index contributed by atoms with van der Waals surface area (Å²) in [5, 5.41) is 4.30. The van der Waals surface area contributed by atoms with Crippen molar-refractivity contribution in [3.63, 3.8) is 0 Å². The van der Waals surface area contributed by atoms with Gasteiger partial charge in [0.2, 0.25) is 0 Å². The molecular weight excluding hydrogens is 393 g/mol. The summed E-state index contributed by atoms with van der Waals surface area (Å²) < 4.78 is 20.4. The van der Waals surface area contributed by atoms with Gasteiger partial charge in [-0.2, -0.15) is 0 Å². The molecule has 0 atom stereocenters. The lowest BCUT2D eigenvalue weighted by atomic mass is 10.0. The molecule has 5 nitrogen and oxygen atoms in total. The van der Waals surface area contributed by atoms with Crippen LogP contribution in [-0.2, 0) is 11.8 Å². The van der Waals surface area contributed by atoms with Crippen molar-refractivity contribution in [1.29, 1.82) is 0 Å². The van der Waals surface area contributed by atoms with Crippen LogP contribution in [-0.4, -0.2) is 22.6 Å². The highest BCUT2D eigenvalue weighted by Gasteiger charge is 2.26. The largest absolute Gasteiger partial charge is 0.465 e. The second-order valence-corrected chi connectivity index (χ2v) is 7.95. The van der Waals surface area contributed by atoms with Gasteiger partial charge in [0.15, 0.2) is 0 Å². The van der Waals surface area contributed by atoms with Crippen LogP contribution in [0.2, 0.25) is 0 Å². The fraction of sp³-hybridized carbons (Fsp3) is 0.200. The molecular formula is C25H22FN3O2. The highest BCUT2D eigenvalue weighted by atomic mass is 19.1. The number of fused-ring (bicyclic) bond motifs is 1. The van der Waals surface area contributed by atoms with Crippen LogP contribution in [0.15, 0.2) is 60.9 Å². The summed E-state index contributed by atoms with van der Waals surface area (Å²) in [6, 6.07) is 14.3. The van der Waals surface area contributed by atoms with E-state index < -0.39 is 5.97 Å². The molecule has 1 aliphatic rings. The monoisotopic (exact) mass is 415 g/mol. The van der Waals surface area contributed by atoms with E-state index in [0.717, 1.165) is 46.1 Å². The number of nitrogens with zero attached hydrogens (tertiary/aromatic N) is 2. The van der Waals surface area contributed by atoms with Gasteiger partial charge in [0, 0.05) is 41.6 Å². The molecule has 1 fully saturated rings. The number of anilines is 2. The molecule has 5 rings (SSSR count). The highest BCUT2D eigenvalue weighted by molar-refractivity contribution is 5.99. The number of aromatic nitrogens is 2. The first kappa shape index (κ1) is 19.3. The number of benzene rings is 2. The maximum Gasteiger partial charge on any atom is 0.341 e. The Kier molecular flexibility index (Phi) is 4.70. The Morgan fingerprint density at radius 1 is 1.16 bits per heavy atom. The molecule has 4 aromatic rings. The van der Waals surface area contributed by atoms with E-state index in [1.54, 1.807) is 12.1 Å². The normalized spacial score (nSPS) is 13.4. The maximum atomic E-state index is 13.4. The van der Waals surface area contributed by atoms with Gasteiger partial charge in [0.05, 0.1) is 7.11 Å². The summed E-state index contributed by atoms with van der Waals surface area (Å²) in [5.41, 5.74) is 5.30. The van der Waals surface area contributed by atoms with Gasteiger partial charge in [-0.1, -0.05) is 12.1 Å². The number of halogens is 1. The summed E-state index contributed by atoms with van der Waals surface area (Å²) in [5.74, 6) is 0.284. The summed E-state index contributed by atoms with van der Waals surface area (Å²) in [7, 11) is 3.36. The third-order valence-electron chi connectivity index (χ3n) is 5.77. The molecule has 0 saturated heterocycles. The molecule has 2 heterocycles. The molecule has 0 spiro atoms. The summed E-state index contributed by atoms with van der Waals surface area (Å²) in [6.45, 7) is 0. The fourth-order valence-electron chi connectivity index (χ4n) is 3.95. The van der Waals surface area contributed by atoms with E-state index in [2.05, 4.69) is 10.3 Å². The van der Waals surface area contributed by atoms with Crippen molar-refractivity contribution in [2.45, 2.75) is 18.8 Å². The number of ether oxygens (including phenoxy) is 1. The number of aryl methyl sites for hydroxylation is 1. The van der Waals surface area contributed by atoms with Gasteiger partial charge in [0.1, 0.15) is 17.2 Å². The summed E-state index contributed by atoms with van der Waals surface area (Å²) in [4.78, 5) is 16.9. The molecule has 1 N–H and O–H groups in total. The molecule has 0 amide bonds. The van der Waals surface area contributed by atoms with Crippen molar-refractivity contribution in [3.05, 3.63) is 77.9 Å². The van der Waals surface area contributed by atoms with Crippen LogP contribution in [0.5, 0.6) is 0 Å². The van der Waals surface area contributed by atoms with Gasteiger partial charge in [-0.25, -0.2) is 14.2 Å². The molecule has 1 aliphatic carbocycles. The third kappa shape index (κ3) is 3.65. The number of esters is 1. The van der Waals surface area contributed by atoms with E-state index in [1.165, 1.54) is 19.2 Å². The lowest BCUT2D eigenvalue weighted by Crippen LogP contribution is -2.08.